The molecule has 0 aliphatic carbocycles. The molecular formula is C27H34N8O5S. The highest BCUT2D eigenvalue weighted by atomic mass is 32.2. The Morgan fingerprint density at radius 2 is 1.44 bits per heavy atom. The monoisotopic (exact) mass is 582 g/mol. The zero-order valence-electron chi connectivity index (χ0n) is 22.8. The number of rotatable bonds is 16. The fourth-order valence-corrected chi connectivity index (χ4v) is 4.53. The number of hydrogen-bond acceptors (Lipinski definition) is 12. The first-order valence-corrected chi connectivity index (χ1v) is 14.9. The number of aliphatic hydroxyl groups excluding tert-OH is 1. The molecule has 2 aromatic carbocycles. The molecule has 0 bridgehead atoms. The molecule has 4 aromatic rings. The second-order valence-electron chi connectivity index (χ2n) is 9.31. The standard InChI is InChI=1S/C27H34N8O5S/c1-19-30-18-31-24(32-19)16-20-8-9-21(23-7-3-2-6-22(20)23)17-25-33-26(28-10-4-13-40-14-5-12-36)35-27(34-25)29-11-15-41(37,38)39/h2-3,6-9,18,36H,4-5,10-17H2,1H3,(H,37,38,39)(H2,28,29,33,34,35). The lowest BCUT2D eigenvalue weighted by molar-refractivity contribution is 0.116. The van der Waals surface area contributed by atoms with Crippen molar-refractivity contribution in [1.29, 1.82) is 0 Å². The second kappa shape index (κ2) is 14.7. The fourth-order valence-electron chi connectivity index (χ4n) is 4.17. The summed E-state index contributed by atoms with van der Waals surface area (Å²) >= 11 is 0. The third-order valence-corrected chi connectivity index (χ3v) is 6.78. The number of ether oxygens (including phenoxy) is 1. The van der Waals surface area contributed by atoms with Crippen LogP contribution in [0.4, 0.5) is 11.9 Å². The van der Waals surface area contributed by atoms with Gasteiger partial charge in [-0.1, -0.05) is 36.4 Å². The van der Waals surface area contributed by atoms with Gasteiger partial charge in [0.2, 0.25) is 11.9 Å². The summed E-state index contributed by atoms with van der Waals surface area (Å²) in [6.07, 6.45) is 3.78. The van der Waals surface area contributed by atoms with Gasteiger partial charge in [0, 0.05) is 45.8 Å². The Balaban J connectivity index is 1.54. The van der Waals surface area contributed by atoms with Gasteiger partial charge in [0.1, 0.15) is 23.8 Å². The van der Waals surface area contributed by atoms with Gasteiger partial charge in [0.25, 0.3) is 10.1 Å². The Kier molecular flexibility index (Phi) is 10.8. The molecule has 2 aromatic heterocycles. The number of hydrogen-bond donors (Lipinski definition) is 4. The Morgan fingerprint density at radius 3 is 2.07 bits per heavy atom. The van der Waals surface area contributed by atoms with Crippen LogP contribution in [0.3, 0.4) is 0 Å². The smallest absolute Gasteiger partial charge is 0.266 e. The van der Waals surface area contributed by atoms with Gasteiger partial charge in [-0.05, 0) is 41.7 Å². The summed E-state index contributed by atoms with van der Waals surface area (Å²) in [5, 5.41) is 17.0. The fraction of sp³-hybridized carbons (Fsp3) is 0.407. The molecule has 0 amide bonds. The lowest BCUT2D eigenvalue weighted by atomic mass is 9.96. The summed E-state index contributed by atoms with van der Waals surface area (Å²) in [6, 6.07) is 12.2. The molecular weight excluding hydrogens is 548 g/mol. The molecule has 0 atom stereocenters. The molecule has 0 radical (unpaired) electrons. The predicted molar refractivity (Wildman–Crippen MR) is 154 cm³/mol. The first kappa shape index (κ1) is 30.1. The molecule has 0 aliphatic rings. The molecule has 218 valence electrons. The Morgan fingerprint density at radius 1 is 0.805 bits per heavy atom. The zero-order chi connectivity index (χ0) is 29.1. The molecule has 0 unspecified atom stereocenters. The van der Waals surface area contributed by atoms with Crippen LogP contribution in [0.2, 0.25) is 0 Å². The third-order valence-electron chi connectivity index (χ3n) is 6.06. The van der Waals surface area contributed by atoms with E-state index in [0.717, 1.165) is 21.9 Å². The number of fused-ring (bicyclic) bond motifs is 1. The molecule has 0 saturated carbocycles. The maximum absolute atomic E-state index is 11.2. The van der Waals surface area contributed by atoms with Gasteiger partial charge in [-0.15, -0.1) is 0 Å². The van der Waals surface area contributed by atoms with E-state index in [1.165, 1.54) is 6.33 Å². The van der Waals surface area contributed by atoms with E-state index >= 15 is 0 Å². The molecule has 0 aliphatic heterocycles. The first-order chi connectivity index (χ1) is 19.8. The molecule has 14 heteroatoms. The molecule has 41 heavy (non-hydrogen) atoms. The van der Waals surface area contributed by atoms with E-state index in [0.29, 0.717) is 68.9 Å². The molecule has 0 saturated heterocycles. The second-order valence-corrected chi connectivity index (χ2v) is 10.9. The lowest BCUT2D eigenvalue weighted by Gasteiger charge is -2.13. The number of benzene rings is 2. The van der Waals surface area contributed by atoms with E-state index in [1.807, 2.05) is 25.1 Å². The quantitative estimate of drug-likeness (QED) is 0.111. The number of aryl methyl sites for hydroxylation is 1. The zero-order valence-corrected chi connectivity index (χ0v) is 23.6. The lowest BCUT2D eigenvalue weighted by Crippen LogP contribution is -2.18. The SMILES string of the molecule is Cc1ncnc(Cc2ccc(Cc3nc(NCCCOCCCO)nc(NCCS(=O)(=O)O)n3)c3ccccc23)n1. The van der Waals surface area contributed by atoms with Crippen LogP contribution < -0.4 is 10.6 Å². The highest BCUT2D eigenvalue weighted by molar-refractivity contribution is 7.85. The number of nitrogens with one attached hydrogen (secondary N) is 2. The summed E-state index contributed by atoms with van der Waals surface area (Å²) in [7, 11) is -4.14. The van der Waals surface area contributed by atoms with Crippen molar-refractivity contribution in [3.8, 4) is 0 Å². The van der Waals surface area contributed by atoms with Crippen LogP contribution in [0.5, 0.6) is 0 Å². The maximum atomic E-state index is 11.2. The van der Waals surface area contributed by atoms with Gasteiger partial charge in [-0.2, -0.15) is 23.4 Å². The van der Waals surface area contributed by atoms with Crippen molar-refractivity contribution < 1.29 is 22.8 Å². The summed E-state index contributed by atoms with van der Waals surface area (Å²) in [4.78, 5) is 26.3. The summed E-state index contributed by atoms with van der Waals surface area (Å²) < 4.78 is 36.9. The van der Waals surface area contributed by atoms with Crippen molar-refractivity contribution in [3.05, 3.63) is 71.3 Å². The minimum Gasteiger partial charge on any atom is -0.396 e. The van der Waals surface area contributed by atoms with Crippen molar-refractivity contribution in [2.45, 2.75) is 32.6 Å². The Bertz CT molecular complexity index is 1550. The van der Waals surface area contributed by atoms with E-state index < -0.39 is 15.9 Å². The van der Waals surface area contributed by atoms with E-state index in [9.17, 15) is 8.42 Å². The molecule has 2 heterocycles. The minimum atomic E-state index is -4.14. The minimum absolute atomic E-state index is 0.0609. The highest BCUT2D eigenvalue weighted by Crippen LogP contribution is 2.26. The molecule has 13 nitrogen and oxygen atoms in total. The van der Waals surface area contributed by atoms with Gasteiger partial charge in [0.05, 0.1) is 5.75 Å². The average molecular weight is 583 g/mol. The van der Waals surface area contributed by atoms with E-state index in [2.05, 4.69) is 58.7 Å². The normalized spacial score (nSPS) is 11.6. The summed E-state index contributed by atoms with van der Waals surface area (Å²) in [5.41, 5.74) is 2.09. The van der Waals surface area contributed by atoms with Crippen LogP contribution in [0.15, 0.2) is 42.7 Å². The van der Waals surface area contributed by atoms with Gasteiger partial charge in [0.15, 0.2) is 0 Å². The first-order valence-electron chi connectivity index (χ1n) is 13.3. The van der Waals surface area contributed by atoms with Crippen LogP contribution in [0.25, 0.3) is 10.8 Å². The Hall–Kier alpha value is -3.85. The van der Waals surface area contributed by atoms with Crippen LogP contribution in [-0.2, 0) is 27.7 Å². The average Bonchev–Trinajstić information content (AvgIpc) is 2.93. The van der Waals surface area contributed by atoms with Crippen molar-refractivity contribution >= 4 is 32.8 Å². The van der Waals surface area contributed by atoms with Crippen molar-refractivity contribution in [2.24, 2.45) is 0 Å². The molecule has 0 fully saturated rings. The Labute approximate surface area is 238 Å². The maximum Gasteiger partial charge on any atom is 0.266 e. The van der Waals surface area contributed by atoms with Gasteiger partial charge < -0.3 is 20.5 Å². The molecule has 4 N–H and O–H groups in total. The highest BCUT2D eigenvalue weighted by Gasteiger charge is 2.13. The van der Waals surface area contributed by atoms with Crippen LogP contribution >= 0.6 is 0 Å². The van der Waals surface area contributed by atoms with Gasteiger partial charge in [-0.3, -0.25) is 4.55 Å². The topological polar surface area (TPSA) is 185 Å². The number of anilines is 2. The number of aromatic nitrogens is 6. The third kappa shape index (κ3) is 9.63. The van der Waals surface area contributed by atoms with E-state index in [-0.39, 0.29) is 19.1 Å². The molecule has 0 spiro atoms. The van der Waals surface area contributed by atoms with Crippen LogP contribution in [0.1, 0.15) is 41.4 Å². The summed E-state index contributed by atoms with van der Waals surface area (Å²) in [6.45, 7) is 3.43. The van der Waals surface area contributed by atoms with Crippen molar-refractivity contribution in [3.63, 3.8) is 0 Å². The van der Waals surface area contributed by atoms with Crippen molar-refractivity contribution in [2.75, 3.05) is 49.3 Å². The molecule has 4 rings (SSSR count). The van der Waals surface area contributed by atoms with E-state index in [4.69, 9.17) is 14.4 Å². The van der Waals surface area contributed by atoms with E-state index in [1.54, 1.807) is 0 Å². The van der Waals surface area contributed by atoms with Crippen molar-refractivity contribution in [1.82, 2.24) is 29.9 Å². The predicted octanol–water partition coefficient (Wildman–Crippen LogP) is 2.20. The van der Waals surface area contributed by atoms with Gasteiger partial charge >= 0.3 is 0 Å². The van der Waals surface area contributed by atoms with Gasteiger partial charge in [-0.25, -0.2) is 15.0 Å². The summed E-state index contributed by atoms with van der Waals surface area (Å²) in [5.74, 6) is 1.92. The number of nitrogens with zero attached hydrogens (tertiary/aromatic N) is 6. The number of aliphatic hydroxyl groups is 1. The van der Waals surface area contributed by atoms with Crippen LogP contribution in [0, 0.1) is 6.92 Å². The largest absolute Gasteiger partial charge is 0.396 e. The van der Waals surface area contributed by atoms with Crippen LogP contribution in [-0.4, -0.2) is 86.6 Å².